The summed E-state index contributed by atoms with van der Waals surface area (Å²) >= 11 is 3.44. The number of H-pyrrole nitrogens is 2. The van der Waals surface area contributed by atoms with Gasteiger partial charge in [0.05, 0.1) is 51.6 Å². The summed E-state index contributed by atoms with van der Waals surface area (Å²) < 4.78 is 63.9. The molecule has 8 aromatic heterocycles. The van der Waals surface area contributed by atoms with Gasteiger partial charge in [-0.2, -0.15) is 27.8 Å². The van der Waals surface area contributed by atoms with Crippen LogP contribution in [-0.2, 0) is 14.1 Å². The van der Waals surface area contributed by atoms with Crippen LogP contribution >= 0.6 is 15.9 Å². The van der Waals surface area contributed by atoms with Gasteiger partial charge in [0.2, 0.25) is 11.9 Å². The molecule has 0 saturated heterocycles. The molecule has 0 fully saturated rings. The van der Waals surface area contributed by atoms with Crippen LogP contribution in [0.4, 0.5) is 40.8 Å². The van der Waals surface area contributed by atoms with E-state index in [0.717, 1.165) is 49.2 Å². The van der Waals surface area contributed by atoms with Gasteiger partial charge in [-0.15, -0.1) is 20.4 Å². The predicted octanol–water partition coefficient (Wildman–Crippen LogP) is 5.43. The average molecular weight is 943 g/mol. The first kappa shape index (κ1) is 42.7. The number of anilines is 4. The molecule has 0 bridgehead atoms. The minimum absolute atomic E-state index is 0.0662. The number of hydrogen-bond donors (Lipinski definition) is 6. The fourth-order valence-corrected chi connectivity index (χ4v) is 6.38. The van der Waals surface area contributed by atoms with E-state index in [-0.39, 0.29) is 11.8 Å². The molecule has 10 rings (SSSR count). The molecule has 0 saturated carbocycles. The number of rotatable bonds is 10. The molecule has 0 aliphatic carbocycles. The Morgan fingerprint density at radius 1 is 0.656 bits per heavy atom. The van der Waals surface area contributed by atoms with Crippen LogP contribution in [0, 0.1) is 0 Å². The Labute approximate surface area is 363 Å². The number of aromatic nitrogens is 16. The average Bonchev–Trinajstić information content (AvgIpc) is 4.13. The van der Waals surface area contributed by atoms with Crippen molar-refractivity contribution in [3.05, 3.63) is 102 Å². The lowest BCUT2D eigenvalue weighted by atomic mass is 9.86. The summed E-state index contributed by atoms with van der Waals surface area (Å²) in [6.07, 6.45) is 6.42. The van der Waals surface area contributed by atoms with E-state index in [1.165, 1.54) is 35.7 Å². The predicted molar refractivity (Wildman–Crippen MR) is 222 cm³/mol. The number of aryl methyl sites for hydroxylation is 2. The number of nitrogens with zero attached hydrogens (tertiary/aromatic N) is 14. The van der Waals surface area contributed by atoms with Crippen molar-refractivity contribution in [2.45, 2.75) is 12.9 Å². The summed E-state index contributed by atoms with van der Waals surface area (Å²) in [7, 11) is 2.08. The van der Waals surface area contributed by atoms with E-state index in [0.29, 0.717) is 28.6 Å². The SMILES string of the molecule is Cn1nccc1-c1cc(Nc2ncc(-c3nnc(C(F)F)o3)cn2)cc2[nH]cnc12.Cn1nccc1B(O)O.FC(F)c1nnc(-c2cnc(Nc3cc(Br)c4nc[nH]c4c3)nc2)o1. The normalized spacial score (nSPS) is 11.2. The smallest absolute Gasteiger partial charge is 0.422 e. The number of halogens is 5. The minimum Gasteiger partial charge on any atom is -0.422 e. The number of imidazole rings is 2. The third kappa shape index (κ3) is 9.56. The molecule has 10 aromatic rings. The summed E-state index contributed by atoms with van der Waals surface area (Å²) in [5.41, 5.74) is 7.64. The zero-order valence-corrected chi connectivity index (χ0v) is 34.3. The fraction of sp³-hybridized carbons (Fsp3) is 0.111. The number of hydrogen-bond acceptors (Lipinski definition) is 18. The van der Waals surface area contributed by atoms with Gasteiger partial charge in [0.25, 0.3) is 23.6 Å². The first-order valence-electron chi connectivity index (χ1n) is 18.2. The van der Waals surface area contributed by atoms with Crippen LogP contribution in [0.5, 0.6) is 0 Å². The van der Waals surface area contributed by atoms with Crippen LogP contribution in [-0.4, -0.2) is 97.0 Å². The van der Waals surface area contributed by atoms with E-state index in [1.807, 2.05) is 37.4 Å². The molecular weight excluding hydrogens is 915 g/mol. The fourth-order valence-electron chi connectivity index (χ4n) is 5.81. The molecular formula is C36H28BBrF4N18O4. The maximum Gasteiger partial charge on any atom is 0.507 e. The van der Waals surface area contributed by atoms with Crippen molar-refractivity contribution in [2.75, 3.05) is 10.6 Å². The quantitative estimate of drug-likeness (QED) is 0.0736. The van der Waals surface area contributed by atoms with Crippen molar-refractivity contribution in [2.24, 2.45) is 14.1 Å². The highest BCUT2D eigenvalue weighted by Crippen LogP contribution is 2.32. The monoisotopic (exact) mass is 942 g/mol. The van der Waals surface area contributed by atoms with Crippen molar-refractivity contribution in [1.82, 2.24) is 79.8 Å². The van der Waals surface area contributed by atoms with Crippen LogP contribution in [0.2, 0.25) is 0 Å². The van der Waals surface area contributed by atoms with E-state index >= 15 is 0 Å². The summed E-state index contributed by atoms with van der Waals surface area (Å²) in [5, 5.41) is 45.0. The number of benzene rings is 2. The molecule has 28 heteroatoms. The first-order valence-corrected chi connectivity index (χ1v) is 19.0. The van der Waals surface area contributed by atoms with Gasteiger partial charge < -0.3 is 39.5 Å². The molecule has 0 aliphatic heterocycles. The Morgan fingerprint density at radius 3 is 1.61 bits per heavy atom. The molecule has 0 atom stereocenters. The van der Waals surface area contributed by atoms with Gasteiger partial charge in [0.15, 0.2) is 0 Å². The Bertz CT molecular complexity index is 3130. The Balaban J connectivity index is 0.000000148. The maximum absolute atomic E-state index is 12.6. The van der Waals surface area contributed by atoms with Crippen LogP contribution in [0.25, 0.3) is 56.2 Å². The van der Waals surface area contributed by atoms with Gasteiger partial charge in [-0.3, -0.25) is 9.36 Å². The van der Waals surface area contributed by atoms with E-state index in [9.17, 15) is 17.6 Å². The number of aromatic amines is 2. The molecule has 22 nitrogen and oxygen atoms in total. The van der Waals surface area contributed by atoms with E-state index in [2.05, 4.69) is 97.0 Å². The summed E-state index contributed by atoms with van der Waals surface area (Å²) in [5.74, 6) is -0.999. The molecule has 324 valence electrons. The summed E-state index contributed by atoms with van der Waals surface area (Å²) in [6, 6.07) is 10.9. The second-order valence-electron chi connectivity index (χ2n) is 13.0. The Hall–Kier alpha value is -7.98. The maximum atomic E-state index is 12.6. The molecule has 8 heterocycles. The van der Waals surface area contributed by atoms with Gasteiger partial charge in [0, 0.05) is 72.7 Å². The molecule has 0 radical (unpaired) electrons. The lowest BCUT2D eigenvalue weighted by Gasteiger charge is -2.09. The molecule has 0 spiro atoms. The zero-order chi connectivity index (χ0) is 44.9. The van der Waals surface area contributed by atoms with Gasteiger partial charge in [-0.05, 0) is 52.3 Å². The van der Waals surface area contributed by atoms with Gasteiger partial charge >= 0.3 is 20.0 Å². The van der Waals surface area contributed by atoms with Crippen LogP contribution in [0.15, 0.2) is 99.5 Å². The molecule has 0 aliphatic rings. The summed E-state index contributed by atoms with van der Waals surface area (Å²) in [4.78, 5) is 31.3. The number of nitrogens with one attached hydrogen (secondary N) is 4. The molecule has 0 unspecified atom stereocenters. The van der Waals surface area contributed by atoms with E-state index in [4.69, 9.17) is 18.9 Å². The van der Waals surface area contributed by atoms with Crippen molar-refractivity contribution in [3.63, 3.8) is 0 Å². The molecule has 0 amide bonds. The highest BCUT2D eigenvalue weighted by molar-refractivity contribution is 9.10. The Kier molecular flexibility index (Phi) is 12.4. The lowest BCUT2D eigenvalue weighted by Crippen LogP contribution is -2.35. The minimum atomic E-state index is -2.83. The van der Waals surface area contributed by atoms with E-state index < -0.39 is 31.8 Å². The van der Waals surface area contributed by atoms with Gasteiger partial charge in [0.1, 0.15) is 5.52 Å². The van der Waals surface area contributed by atoms with Crippen molar-refractivity contribution >= 4 is 74.0 Å². The van der Waals surface area contributed by atoms with Gasteiger partial charge in [-0.1, -0.05) is 0 Å². The van der Waals surface area contributed by atoms with E-state index in [1.54, 1.807) is 36.6 Å². The molecule has 2 aromatic carbocycles. The Morgan fingerprint density at radius 2 is 1.16 bits per heavy atom. The second kappa shape index (κ2) is 18.6. The highest BCUT2D eigenvalue weighted by atomic mass is 79.9. The highest BCUT2D eigenvalue weighted by Gasteiger charge is 2.20. The standard InChI is InChI=1S/C18H13F2N9O.C14H8BrF2N7O.C4H7BN2O2/c1-29-13(2-3-25-29)11-4-10(5-12-14(11)24-8-23-12)26-18-21-6-9(7-22-18)16-27-28-17(30-16)15(19)20;15-8-1-7(2-9-10(8)21-5-20-9)22-14-18-3-6(4-19-14)12-23-24-13(25-12)11(16)17;1-7-4(5(8)9)2-3-6-7/h2-8,15H,1H3,(H,23,24)(H,21,22,26);1-5,11H,(H,20,21)(H,18,19,22);2-3,8-9H,1H3. The number of alkyl halides is 4. The van der Waals surface area contributed by atoms with Crippen molar-refractivity contribution in [3.8, 4) is 34.2 Å². The molecule has 64 heavy (non-hydrogen) atoms. The lowest BCUT2D eigenvalue weighted by molar-refractivity contribution is 0.115. The second-order valence-corrected chi connectivity index (χ2v) is 13.9. The van der Waals surface area contributed by atoms with Crippen LogP contribution < -0.4 is 16.2 Å². The van der Waals surface area contributed by atoms with Crippen LogP contribution in [0.3, 0.4) is 0 Å². The largest absolute Gasteiger partial charge is 0.507 e. The third-order valence-corrected chi connectivity index (χ3v) is 9.39. The topological polar surface area (TPSA) is 287 Å². The molecule has 6 N–H and O–H groups in total. The van der Waals surface area contributed by atoms with Crippen molar-refractivity contribution < 1.29 is 36.4 Å². The van der Waals surface area contributed by atoms with Gasteiger partial charge in [-0.25, -0.2) is 29.9 Å². The zero-order valence-electron chi connectivity index (χ0n) is 32.7. The van der Waals surface area contributed by atoms with Crippen LogP contribution in [0.1, 0.15) is 24.6 Å². The first-order chi connectivity index (χ1) is 30.9. The van der Waals surface area contributed by atoms with Crippen molar-refractivity contribution in [1.29, 1.82) is 0 Å². The number of fused-ring (bicyclic) bond motifs is 2. The third-order valence-electron chi connectivity index (χ3n) is 8.79. The summed E-state index contributed by atoms with van der Waals surface area (Å²) in [6.45, 7) is 0.